The molecule has 4 aromatic heterocycles. The van der Waals surface area contributed by atoms with Crippen LogP contribution in [-0.2, 0) is 4.79 Å². The molecule has 2 aliphatic rings. The van der Waals surface area contributed by atoms with E-state index in [2.05, 4.69) is 25.0 Å². The van der Waals surface area contributed by atoms with E-state index in [-0.39, 0.29) is 18.2 Å². The van der Waals surface area contributed by atoms with Crippen LogP contribution in [-0.4, -0.2) is 69.2 Å². The fourth-order valence-electron chi connectivity index (χ4n) is 5.41. The number of aromatic nitrogens is 7. The van der Waals surface area contributed by atoms with Crippen molar-refractivity contribution >= 4 is 16.9 Å². The Morgan fingerprint density at radius 3 is 2.56 bits per heavy atom. The third kappa shape index (κ3) is 3.76. The van der Waals surface area contributed by atoms with Gasteiger partial charge in [-0.1, -0.05) is 0 Å². The number of nitrogens with zero attached hydrogens (tertiary/aromatic N) is 8. The number of halogens is 2. The van der Waals surface area contributed by atoms with Gasteiger partial charge in [0.15, 0.2) is 11.5 Å². The lowest BCUT2D eigenvalue weighted by atomic mass is 9.99. The van der Waals surface area contributed by atoms with Crippen molar-refractivity contribution in [3.05, 3.63) is 49.1 Å². The number of hydrogen-bond acceptors (Lipinski definition) is 7. The zero-order valence-electron chi connectivity index (χ0n) is 19.8. The van der Waals surface area contributed by atoms with Gasteiger partial charge < -0.3 is 9.64 Å². The Morgan fingerprint density at radius 2 is 1.89 bits per heavy atom. The molecule has 36 heavy (non-hydrogen) atoms. The molecule has 12 heteroatoms. The Morgan fingerprint density at radius 1 is 1.11 bits per heavy atom. The van der Waals surface area contributed by atoms with Gasteiger partial charge in [0.05, 0.1) is 16.8 Å². The Bertz CT molecular complexity index is 1420. The molecular formula is C24H24F2N8O2. The summed E-state index contributed by atoms with van der Waals surface area (Å²) in [4.78, 5) is 31.1. The van der Waals surface area contributed by atoms with Crippen LogP contribution in [0.1, 0.15) is 38.3 Å². The number of rotatable bonds is 5. The van der Waals surface area contributed by atoms with Gasteiger partial charge in [-0.05, 0) is 38.0 Å². The topological polar surface area (TPSA) is 104 Å². The summed E-state index contributed by atoms with van der Waals surface area (Å²) in [7, 11) is 0. The second kappa shape index (κ2) is 8.32. The highest BCUT2D eigenvalue weighted by molar-refractivity contribution is 5.84. The molecule has 6 heterocycles. The number of aryl methyl sites for hydroxylation is 1. The first-order valence-corrected chi connectivity index (χ1v) is 11.8. The van der Waals surface area contributed by atoms with Crippen molar-refractivity contribution < 1.29 is 18.3 Å². The van der Waals surface area contributed by atoms with Crippen LogP contribution >= 0.6 is 0 Å². The third-order valence-electron chi connectivity index (χ3n) is 6.98. The van der Waals surface area contributed by atoms with Gasteiger partial charge in [0.25, 0.3) is 5.91 Å². The van der Waals surface area contributed by atoms with E-state index in [1.807, 2.05) is 35.9 Å². The second-order valence-electron chi connectivity index (χ2n) is 9.41. The van der Waals surface area contributed by atoms with Gasteiger partial charge in [0.1, 0.15) is 25.1 Å². The number of ether oxygens (including phenoxy) is 1. The van der Waals surface area contributed by atoms with Crippen LogP contribution in [0.2, 0.25) is 0 Å². The smallest absolute Gasteiger partial charge is 0.322 e. The van der Waals surface area contributed by atoms with Crippen molar-refractivity contribution in [3.63, 3.8) is 0 Å². The summed E-state index contributed by atoms with van der Waals surface area (Å²) >= 11 is 0. The van der Waals surface area contributed by atoms with Crippen molar-refractivity contribution in [1.29, 1.82) is 0 Å². The number of hydrogen-bond donors (Lipinski definition) is 0. The van der Waals surface area contributed by atoms with Gasteiger partial charge in [-0.3, -0.25) is 9.36 Å². The van der Waals surface area contributed by atoms with E-state index in [1.165, 1.54) is 17.6 Å². The van der Waals surface area contributed by atoms with Gasteiger partial charge >= 0.3 is 5.92 Å². The predicted octanol–water partition coefficient (Wildman–Crippen LogP) is 3.26. The van der Waals surface area contributed by atoms with E-state index < -0.39 is 11.8 Å². The van der Waals surface area contributed by atoms with E-state index in [0.717, 1.165) is 16.8 Å². The summed E-state index contributed by atoms with van der Waals surface area (Å²) in [6, 6.07) is 5.19. The molecule has 6 rings (SSSR count). The molecule has 2 bridgehead atoms. The van der Waals surface area contributed by atoms with Gasteiger partial charge in [-0.15, -0.1) is 0 Å². The van der Waals surface area contributed by atoms with Crippen molar-refractivity contribution in [3.8, 4) is 17.4 Å². The van der Waals surface area contributed by atoms with Gasteiger partial charge in [-0.2, -0.15) is 13.9 Å². The summed E-state index contributed by atoms with van der Waals surface area (Å²) in [6.45, 7) is 2.57. The average molecular weight is 495 g/mol. The Hall–Kier alpha value is -3.96. The van der Waals surface area contributed by atoms with E-state index in [0.29, 0.717) is 50.0 Å². The van der Waals surface area contributed by atoms with Gasteiger partial charge in [0.2, 0.25) is 5.88 Å². The summed E-state index contributed by atoms with van der Waals surface area (Å²) in [5.74, 6) is -3.36. The van der Waals surface area contributed by atoms with Crippen LogP contribution in [0.4, 0.5) is 8.78 Å². The molecule has 2 aliphatic heterocycles. The molecule has 10 nitrogen and oxygen atoms in total. The fourth-order valence-corrected chi connectivity index (χ4v) is 5.41. The van der Waals surface area contributed by atoms with Crippen LogP contribution in [0.25, 0.3) is 22.5 Å². The molecule has 1 amide bonds. The van der Waals surface area contributed by atoms with E-state index in [1.54, 1.807) is 11.0 Å². The van der Waals surface area contributed by atoms with Gasteiger partial charge in [-0.25, -0.2) is 24.6 Å². The molecule has 0 aromatic carbocycles. The molecule has 0 aliphatic carbocycles. The number of piperidine rings is 1. The van der Waals surface area contributed by atoms with Crippen molar-refractivity contribution in [2.24, 2.45) is 0 Å². The van der Waals surface area contributed by atoms with Crippen molar-refractivity contribution in [1.82, 2.24) is 39.2 Å². The van der Waals surface area contributed by atoms with Crippen LogP contribution in [0.3, 0.4) is 0 Å². The number of fused-ring (bicyclic) bond motifs is 3. The first-order chi connectivity index (χ1) is 17.3. The summed E-state index contributed by atoms with van der Waals surface area (Å²) < 4.78 is 37.2. The number of amides is 1. The van der Waals surface area contributed by atoms with Crippen LogP contribution in [0, 0.1) is 6.92 Å². The van der Waals surface area contributed by atoms with Crippen LogP contribution < -0.4 is 4.74 Å². The molecule has 0 N–H and O–H groups in total. The number of carbonyl (C=O) groups excluding carboxylic acids is 1. The quantitative estimate of drug-likeness (QED) is 0.419. The number of alkyl halides is 2. The van der Waals surface area contributed by atoms with Crippen LogP contribution in [0.5, 0.6) is 5.88 Å². The lowest BCUT2D eigenvalue weighted by Gasteiger charge is -2.39. The first-order valence-electron chi connectivity index (χ1n) is 11.8. The molecule has 0 spiro atoms. The maximum absolute atomic E-state index is 13.7. The highest BCUT2D eigenvalue weighted by Gasteiger charge is 2.49. The minimum absolute atomic E-state index is 0.219. The number of pyridine rings is 1. The molecule has 186 valence electrons. The molecule has 2 atom stereocenters. The lowest BCUT2D eigenvalue weighted by Crippen LogP contribution is -2.53. The van der Waals surface area contributed by atoms with Crippen molar-refractivity contribution in [2.75, 3.05) is 0 Å². The molecule has 2 fully saturated rings. The molecular weight excluding hydrogens is 470 g/mol. The Labute approximate surface area is 205 Å². The fraction of sp³-hybridized carbons (Fsp3) is 0.417. The molecule has 0 saturated carbocycles. The summed E-state index contributed by atoms with van der Waals surface area (Å²) in [5, 5.41) is 4.86. The minimum atomic E-state index is -3.36. The maximum Gasteiger partial charge on any atom is 0.322 e. The highest BCUT2D eigenvalue weighted by atomic mass is 19.3. The van der Waals surface area contributed by atoms with E-state index in [4.69, 9.17) is 4.74 Å². The minimum Gasteiger partial charge on any atom is -0.474 e. The molecule has 0 radical (unpaired) electrons. The highest BCUT2D eigenvalue weighted by Crippen LogP contribution is 2.40. The van der Waals surface area contributed by atoms with Crippen molar-refractivity contribution in [2.45, 2.75) is 63.6 Å². The molecule has 2 saturated heterocycles. The summed E-state index contributed by atoms with van der Waals surface area (Å²) in [5.41, 5.74) is 2.30. The molecule has 4 aromatic rings. The van der Waals surface area contributed by atoms with Gasteiger partial charge in [0, 0.05) is 38.0 Å². The number of carbonyl (C=O) groups is 1. The van der Waals surface area contributed by atoms with Crippen LogP contribution in [0.15, 0.2) is 43.4 Å². The zero-order valence-corrected chi connectivity index (χ0v) is 19.8. The third-order valence-corrected chi connectivity index (χ3v) is 6.98. The standard InChI is InChI=1S/C24H24F2N8O2/c1-14-19(5-6-20(31-14)33-13-27-11-30-33)32-8-7-18-21(32)28-12-29-22(18)36-17-9-15-3-4-16(10-17)34(15)23(35)24(2,25)26/h5-8,11-13,15-17H,3-4,9-10H2,1-2H3/t15-,16-/m0/s1. The Balaban J connectivity index is 1.25. The monoisotopic (exact) mass is 494 g/mol. The van der Waals surface area contributed by atoms with E-state index in [9.17, 15) is 13.6 Å². The largest absolute Gasteiger partial charge is 0.474 e. The normalized spacial score (nSPS) is 21.8. The summed E-state index contributed by atoms with van der Waals surface area (Å²) in [6.07, 6.45) is 8.57. The SMILES string of the molecule is Cc1nc(-n2cncn2)ccc1-n1ccc2c(OC3C[C@@H]4CC[C@@H](C3)N4C(=O)C(C)(F)F)ncnc21. The Kier molecular flexibility index (Phi) is 5.20. The first kappa shape index (κ1) is 22.5. The second-order valence-corrected chi connectivity index (χ2v) is 9.41. The van der Waals surface area contributed by atoms with E-state index >= 15 is 0 Å². The molecule has 0 unspecified atom stereocenters. The lowest BCUT2D eigenvalue weighted by molar-refractivity contribution is -0.161. The predicted molar refractivity (Wildman–Crippen MR) is 124 cm³/mol. The average Bonchev–Trinajstić information content (AvgIpc) is 3.57. The maximum atomic E-state index is 13.7. The zero-order chi connectivity index (χ0) is 25.0.